The Morgan fingerprint density at radius 3 is 2.59 bits per heavy atom. The molecule has 0 radical (unpaired) electrons. The number of ether oxygens (including phenoxy) is 1. The summed E-state index contributed by atoms with van der Waals surface area (Å²) in [6, 6.07) is 6.20. The number of nitrogens with zero attached hydrogens (tertiary/aromatic N) is 2. The molecule has 1 aliphatic rings. The maximum absolute atomic E-state index is 12.4. The molecule has 1 amide bonds. The van der Waals surface area contributed by atoms with Crippen LogP contribution in [-0.4, -0.2) is 34.7 Å². The van der Waals surface area contributed by atoms with Crippen LogP contribution in [0.3, 0.4) is 0 Å². The first-order valence-corrected chi connectivity index (χ1v) is 9.81. The van der Waals surface area contributed by atoms with E-state index < -0.39 is 28.4 Å². The van der Waals surface area contributed by atoms with Crippen LogP contribution in [0.1, 0.15) is 49.4 Å². The number of nitrogens with one attached hydrogen (secondary N) is 1. The van der Waals surface area contributed by atoms with Gasteiger partial charge in [-0.05, 0) is 38.2 Å². The van der Waals surface area contributed by atoms with E-state index in [1.807, 2.05) is 0 Å². The molecule has 0 unspecified atom stereocenters. The number of rotatable bonds is 6. The second-order valence-electron chi connectivity index (χ2n) is 6.44. The van der Waals surface area contributed by atoms with E-state index in [1.54, 1.807) is 6.26 Å². The zero-order valence-corrected chi connectivity index (χ0v) is 16.0. The largest absolute Gasteiger partial charge is 0.449 e. The van der Waals surface area contributed by atoms with Crippen molar-refractivity contribution in [3.8, 4) is 6.07 Å². The van der Waals surface area contributed by atoms with Crippen LogP contribution in [0.15, 0.2) is 23.1 Å². The van der Waals surface area contributed by atoms with Crippen molar-refractivity contribution < 1.29 is 19.2 Å². The molecule has 1 aromatic rings. The number of benzene rings is 1. The van der Waals surface area contributed by atoms with E-state index in [0.717, 1.165) is 25.3 Å². The van der Waals surface area contributed by atoms with Crippen molar-refractivity contribution >= 4 is 29.3 Å². The first kappa shape index (κ1) is 20.7. The Labute approximate surface area is 161 Å². The van der Waals surface area contributed by atoms with Gasteiger partial charge in [-0.1, -0.05) is 19.3 Å². The number of hydrogen-bond donors (Lipinski definition) is 1. The van der Waals surface area contributed by atoms with Crippen LogP contribution in [0.5, 0.6) is 0 Å². The fraction of sp³-hybridized carbons (Fsp3) is 0.500. The lowest BCUT2D eigenvalue weighted by molar-refractivity contribution is -0.387. The van der Waals surface area contributed by atoms with Crippen molar-refractivity contribution in [2.45, 2.75) is 55.6 Å². The van der Waals surface area contributed by atoms with E-state index in [4.69, 9.17) is 4.74 Å². The molecule has 1 saturated carbocycles. The molecule has 1 fully saturated rings. The first-order chi connectivity index (χ1) is 12.8. The first-order valence-electron chi connectivity index (χ1n) is 8.58. The molecule has 0 heterocycles. The lowest BCUT2D eigenvalue weighted by Crippen LogP contribution is -2.52. The number of nitro benzene ring substituents is 1. The van der Waals surface area contributed by atoms with Crippen molar-refractivity contribution in [2.24, 2.45) is 0 Å². The number of esters is 1. The minimum atomic E-state index is -1.12. The van der Waals surface area contributed by atoms with Crippen LogP contribution in [-0.2, 0) is 9.53 Å². The fourth-order valence-electron chi connectivity index (χ4n) is 3.00. The Bertz CT molecular complexity index is 784. The molecular weight excluding hydrogens is 370 g/mol. The van der Waals surface area contributed by atoms with Crippen LogP contribution in [0, 0.1) is 21.4 Å². The highest BCUT2D eigenvalue weighted by molar-refractivity contribution is 7.98. The molecule has 0 aromatic heterocycles. The van der Waals surface area contributed by atoms with Crippen molar-refractivity contribution in [1.29, 1.82) is 5.26 Å². The molecule has 2 rings (SSSR count). The van der Waals surface area contributed by atoms with Crippen molar-refractivity contribution in [3.63, 3.8) is 0 Å². The molecule has 1 N–H and O–H groups in total. The molecule has 8 nitrogen and oxygen atoms in total. The Morgan fingerprint density at radius 1 is 1.37 bits per heavy atom. The topological polar surface area (TPSA) is 122 Å². The number of nitro groups is 1. The smallest absolute Gasteiger partial charge is 0.339 e. The minimum Gasteiger partial charge on any atom is -0.449 e. The summed E-state index contributed by atoms with van der Waals surface area (Å²) in [5.74, 6) is -1.38. The monoisotopic (exact) mass is 391 g/mol. The van der Waals surface area contributed by atoms with Gasteiger partial charge in [0.1, 0.15) is 5.54 Å². The summed E-state index contributed by atoms with van der Waals surface area (Å²) in [6.07, 6.45) is 4.44. The average Bonchev–Trinajstić information content (AvgIpc) is 2.67. The van der Waals surface area contributed by atoms with Gasteiger partial charge in [-0.25, -0.2) is 4.79 Å². The van der Waals surface area contributed by atoms with E-state index >= 15 is 0 Å². The van der Waals surface area contributed by atoms with Crippen molar-refractivity contribution in [2.75, 3.05) is 6.26 Å². The zero-order chi connectivity index (χ0) is 20.0. The van der Waals surface area contributed by atoms with E-state index in [-0.39, 0.29) is 11.3 Å². The maximum atomic E-state index is 12.4. The van der Waals surface area contributed by atoms with Gasteiger partial charge in [-0.2, -0.15) is 5.26 Å². The van der Waals surface area contributed by atoms with Crippen LogP contribution in [0.4, 0.5) is 5.69 Å². The van der Waals surface area contributed by atoms with Crippen LogP contribution in [0.2, 0.25) is 0 Å². The third-order valence-electron chi connectivity index (χ3n) is 4.55. The van der Waals surface area contributed by atoms with Gasteiger partial charge in [0.2, 0.25) is 0 Å². The number of amides is 1. The Morgan fingerprint density at radius 2 is 2.04 bits per heavy atom. The van der Waals surface area contributed by atoms with Gasteiger partial charge in [0.15, 0.2) is 6.10 Å². The number of hydrogen-bond acceptors (Lipinski definition) is 7. The summed E-state index contributed by atoms with van der Waals surface area (Å²) >= 11 is 1.20. The Balaban J connectivity index is 2.06. The summed E-state index contributed by atoms with van der Waals surface area (Å²) in [4.78, 5) is 35.6. The van der Waals surface area contributed by atoms with Gasteiger partial charge in [-0.3, -0.25) is 14.9 Å². The molecular formula is C18H21N3O5S. The van der Waals surface area contributed by atoms with E-state index in [2.05, 4.69) is 11.4 Å². The second-order valence-corrected chi connectivity index (χ2v) is 7.28. The fourth-order valence-corrected chi connectivity index (χ4v) is 3.55. The molecule has 1 aromatic carbocycles. The van der Waals surface area contributed by atoms with Crippen LogP contribution >= 0.6 is 11.8 Å². The summed E-state index contributed by atoms with van der Waals surface area (Å²) < 4.78 is 5.15. The van der Waals surface area contributed by atoms with Crippen molar-refractivity contribution in [1.82, 2.24) is 5.32 Å². The zero-order valence-electron chi connectivity index (χ0n) is 15.2. The molecule has 27 heavy (non-hydrogen) atoms. The standard InChI is InChI=1S/C18H21N3O5S/c1-12(16(22)20-18(11-19)8-4-3-5-9-18)26-17(23)13-6-7-15(27-2)14(10-13)21(24)25/h6-7,10,12H,3-5,8-9H2,1-2H3,(H,20,22)/t12-/m1/s1. The van der Waals surface area contributed by atoms with Crippen LogP contribution in [0.25, 0.3) is 0 Å². The van der Waals surface area contributed by atoms with Gasteiger partial charge in [0.05, 0.1) is 21.5 Å². The maximum Gasteiger partial charge on any atom is 0.339 e. The summed E-state index contributed by atoms with van der Waals surface area (Å²) in [7, 11) is 0. The van der Waals surface area contributed by atoms with E-state index in [0.29, 0.717) is 17.7 Å². The number of carbonyl (C=O) groups is 2. The summed E-state index contributed by atoms with van der Waals surface area (Å²) in [5, 5.41) is 23.2. The molecule has 1 aliphatic carbocycles. The summed E-state index contributed by atoms with van der Waals surface area (Å²) in [5.41, 5.74) is -1.12. The SMILES string of the molecule is CSc1ccc(C(=O)O[C@H](C)C(=O)NC2(C#N)CCCCC2)cc1[N+](=O)[O-]. The van der Waals surface area contributed by atoms with Gasteiger partial charge < -0.3 is 10.1 Å². The number of carbonyl (C=O) groups excluding carboxylic acids is 2. The minimum absolute atomic E-state index is 0.00758. The molecule has 0 bridgehead atoms. The third-order valence-corrected chi connectivity index (χ3v) is 5.33. The number of nitriles is 1. The molecule has 0 saturated heterocycles. The van der Waals surface area contributed by atoms with Gasteiger partial charge in [0, 0.05) is 6.07 Å². The van der Waals surface area contributed by atoms with Gasteiger partial charge in [0.25, 0.3) is 11.6 Å². The highest BCUT2D eigenvalue weighted by atomic mass is 32.2. The number of thioether (sulfide) groups is 1. The average molecular weight is 391 g/mol. The van der Waals surface area contributed by atoms with Gasteiger partial charge in [-0.15, -0.1) is 11.8 Å². The Hall–Kier alpha value is -2.60. The predicted molar refractivity (Wildman–Crippen MR) is 99.3 cm³/mol. The third kappa shape index (κ3) is 4.98. The Kier molecular flexibility index (Phi) is 6.80. The van der Waals surface area contributed by atoms with Crippen LogP contribution < -0.4 is 5.32 Å². The molecule has 9 heteroatoms. The van der Waals surface area contributed by atoms with Gasteiger partial charge >= 0.3 is 5.97 Å². The second kappa shape index (κ2) is 8.86. The normalized spacial score (nSPS) is 16.6. The van der Waals surface area contributed by atoms with Crippen molar-refractivity contribution in [3.05, 3.63) is 33.9 Å². The molecule has 0 spiro atoms. The molecule has 144 valence electrons. The van der Waals surface area contributed by atoms with E-state index in [9.17, 15) is 25.0 Å². The highest BCUT2D eigenvalue weighted by Crippen LogP contribution is 2.29. The van der Waals surface area contributed by atoms with E-state index in [1.165, 1.54) is 30.8 Å². The summed E-state index contributed by atoms with van der Waals surface area (Å²) in [6.45, 7) is 1.41. The predicted octanol–water partition coefficient (Wildman–Crippen LogP) is 3.20. The molecule has 0 aliphatic heterocycles. The lowest BCUT2D eigenvalue weighted by Gasteiger charge is -2.32. The quantitative estimate of drug-likeness (QED) is 0.342. The molecule has 1 atom stereocenters. The lowest BCUT2D eigenvalue weighted by atomic mass is 9.83. The highest BCUT2D eigenvalue weighted by Gasteiger charge is 2.35.